The number of hydrogen-bond donors (Lipinski definition) is 1. The van der Waals surface area contributed by atoms with E-state index in [1.807, 2.05) is 24.6 Å². The molecule has 0 saturated carbocycles. The Morgan fingerprint density at radius 2 is 2.33 bits per heavy atom. The largest absolute Gasteiger partial charge is 0.319 e. The highest BCUT2D eigenvalue weighted by molar-refractivity contribution is 6.28. The monoisotopic (exact) mass is 223 g/mol. The highest BCUT2D eigenvalue weighted by Crippen LogP contribution is 2.17. The number of rotatable bonds is 3. The summed E-state index contributed by atoms with van der Waals surface area (Å²) in [6.07, 6.45) is 3.00. The zero-order chi connectivity index (χ0) is 10.8. The molecule has 4 heteroatoms. The Morgan fingerprint density at radius 1 is 1.53 bits per heavy atom. The fraction of sp³-hybridized carbons (Fsp3) is 0.364. The van der Waals surface area contributed by atoms with Crippen LogP contribution in [-0.4, -0.2) is 23.0 Å². The van der Waals surface area contributed by atoms with Gasteiger partial charge in [0.05, 0.1) is 11.2 Å². The van der Waals surface area contributed by atoms with Gasteiger partial charge in [-0.1, -0.05) is 0 Å². The molecule has 0 saturated heterocycles. The van der Waals surface area contributed by atoms with Crippen LogP contribution >= 0.6 is 11.6 Å². The van der Waals surface area contributed by atoms with Gasteiger partial charge in [0.1, 0.15) is 0 Å². The first-order valence-corrected chi connectivity index (χ1v) is 5.38. The molecule has 2 aromatic rings. The van der Waals surface area contributed by atoms with Crippen LogP contribution in [0.2, 0.25) is 5.28 Å². The van der Waals surface area contributed by atoms with Crippen molar-refractivity contribution in [3.63, 3.8) is 0 Å². The van der Waals surface area contributed by atoms with Crippen LogP contribution in [-0.2, 0) is 6.42 Å². The normalized spacial score (nSPS) is 11.1. The van der Waals surface area contributed by atoms with Crippen LogP contribution in [0.25, 0.3) is 5.52 Å². The van der Waals surface area contributed by atoms with Crippen molar-refractivity contribution in [3.8, 4) is 0 Å². The molecule has 0 aliphatic carbocycles. The number of pyridine rings is 1. The average Bonchev–Trinajstić information content (AvgIpc) is 2.52. The zero-order valence-electron chi connectivity index (χ0n) is 8.92. The van der Waals surface area contributed by atoms with Crippen molar-refractivity contribution >= 4 is 17.1 Å². The van der Waals surface area contributed by atoms with Gasteiger partial charge in [0.25, 0.3) is 0 Å². The number of aromatic nitrogens is 2. The first kappa shape index (κ1) is 10.5. The van der Waals surface area contributed by atoms with Gasteiger partial charge in [-0.25, -0.2) is 4.98 Å². The van der Waals surface area contributed by atoms with Crippen molar-refractivity contribution < 1.29 is 0 Å². The lowest BCUT2D eigenvalue weighted by molar-refractivity contribution is 0.791. The minimum atomic E-state index is 0.530. The van der Waals surface area contributed by atoms with E-state index in [1.54, 1.807) is 0 Å². The molecule has 1 N–H and O–H groups in total. The van der Waals surface area contributed by atoms with Gasteiger partial charge in [0.15, 0.2) is 0 Å². The number of fused-ring (bicyclic) bond motifs is 1. The molecule has 3 nitrogen and oxygen atoms in total. The number of halogens is 1. The highest BCUT2D eigenvalue weighted by atomic mass is 35.5. The Labute approximate surface area is 94.1 Å². The first-order chi connectivity index (χ1) is 7.22. The molecule has 0 unspecified atom stereocenters. The fourth-order valence-electron chi connectivity index (χ4n) is 1.66. The van der Waals surface area contributed by atoms with Crippen LogP contribution in [0.4, 0.5) is 0 Å². The Kier molecular flexibility index (Phi) is 2.93. The Balaban J connectivity index is 2.41. The fourth-order valence-corrected chi connectivity index (χ4v) is 1.93. The molecule has 0 radical (unpaired) electrons. The topological polar surface area (TPSA) is 29.3 Å². The van der Waals surface area contributed by atoms with Gasteiger partial charge in [-0.15, -0.1) is 0 Å². The van der Waals surface area contributed by atoms with Crippen molar-refractivity contribution in [2.24, 2.45) is 0 Å². The van der Waals surface area contributed by atoms with E-state index in [4.69, 9.17) is 11.6 Å². The van der Waals surface area contributed by atoms with Crippen LogP contribution in [0, 0.1) is 6.92 Å². The number of hydrogen-bond acceptors (Lipinski definition) is 2. The highest BCUT2D eigenvalue weighted by Gasteiger charge is 2.05. The third-order valence-corrected chi connectivity index (χ3v) is 2.78. The molecule has 15 heavy (non-hydrogen) atoms. The summed E-state index contributed by atoms with van der Waals surface area (Å²) in [4.78, 5) is 4.22. The molecular weight excluding hydrogens is 210 g/mol. The van der Waals surface area contributed by atoms with Crippen LogP contribution in [0.15, 0.2) is 18.3 Å². The molecular formula is C11H14ClN3. The number of imidazole rings is 1. The maximum atomic E-state index is 5.97. The molecule has 0 spiro atoms. The molecule has 0 aliphatic heterocycles. The lowest BCUT2D eigenvalue weighted by Gasteiger charge is -2.02. The summed E-state index contributed by atoms with van der Waals surface area (Å²) in [7, 11) is 1.96. The van der Waals surface area contributed by atoms with Crippen molar-refractivity contribution in [3.05, 3.63) is 34.9 Å². The summed E-state index contributed by atoms with van der Waals surface area (Å²) >= 11 is 5.97. The van der Waals surface area contributed by atoms with Crippen molar-refractivity contribution in [1.82, 2.24) is 14.7 Å². The Bertz CT molecular complexity index is 476. The molecule has 2 aromatic heterocycles. The molecule has 0 amide bonds. The predicted octanol–water partition coefficient (Wildman–Crippen LogP) is 2.06. The second-order valence-electron chi connectivity index (χ2n) is 3.61. The van der Waals surface area contributed by atoms with E-state index in [9.17, 15) is 0 Å². The van der Waals surface area contributed by atoms with Gasteiger partial charge in [-0.05, 0) is 56.2 Å². The lowest BCUT2D eigenvalue weighted by Crippen LogP contribution is -2.10. The zero-order valence-corrected chi connectivity index (χ0v) is 9.67. The summed E-state index contributed by atoms with van der Waals surface area (Å²) in [5, 5.41) is 3.67. The summed E-state index contributed by atoms with van der Waals surface area (Å²) in [6, 6.07) is 4.23. The maximum Gasteiger partial charge on any atom is 0.207 e. The van der Waals surface area contributed by atoms with Gasteiger partial charge in [-0.2, -0.15) is 0 Å². The molecule has 0 bridgehead atoms. The quantitative estimate of drug-likeness (QED) is 0.863. The van der Waals surface area contributed by atoms with Gasteiger partial charge in [0.2, 0.25) is 5.28 Å². The molecule has 0 aromatic carbocycles. The summed E-state index contributed by atoms with van der Waals surface area (Å²) in [6.45, 7) is 2.96. The molecule has 80 valence electrons. The number of likely N-dealkylation sites (N-methyl/N-ethyl adjacent to an activating group) is 1. The van der Waals surface area contributed by atoms with Crippen molar-refractivity contribution in [2.45, 2.75) is 13.3 Å². The third kappa shape index (κ3) is 1.98. The lowest BCUT2D eigenvalue weighted by atomic mass is 10.2. The Morgan fingerprint density at radius 3 is 3.07 bits per heavy atom. The minimum absolute atomic E-state index is 0.530. The van der Waals surface area contributed by atoms with Crippen LogP contribution in [0.5, 0.6) is 0 Å². The summed E-state index contributed by atoms with van der Waals surface area (Å²) in [5.74, 6) is 0. The van der Waals surface area contributed by atoms with Gasteiger partial charge >= 0.3 is 0 Å². The van der Waals surface area contributed by atoms with E-state index in [2.05, 4.69) is 22.4 Å². The molecule has 0 aliphatic rings. The Hall–Kier alpha value is -1.06. The van der Waals surface area contributed by atoms with Crippen LogP contribution in [0.3, 0.4) is 0 Å². The molecule has 0 atom stereocenters. The van der Waals surface area contributed by atoms with Gasteiger partial charge in [0, 0.05) is 6.20 Å². The van der Waals surface area contributed by atoms with Crippen molar-refractivity contribution in [1.29, 1.82) is 0 Å². The van der Waals surface area contributed by atoms with E-state index in [1.165, 1.54) is 5.56 Å². The van der Waals surface area contributed by atoms with Crippen LogP contribution in [0.1, 0.15) is 11.3 Å². The number of aryl methyl sites for hydroxylation is 1. The molecule has 0 fully saturated rings. The van der Waals surface area contributed by atoms with E-state index < -0.39 is 0 Å². The second kappa shape index (κ2) is 4.21. The van der Waals surface area contributed by atoms with Crippen molar-refractivity contribution in [2.75, 3.05) is 13.6 Å². The third-order valence-electron chi connectivity index (χ3n) is 2.51. The summed E-state index contributed by atoms with van der Waals surface area (Å²) in [5.41, 5.74) is 3.37. The van der Waals surface area contributed by atoms with Gasteiger partial charge in [-0.3, -0.25) is 4.40 Å². The molecule has 2 heterocycles. The average molecular weight is 224 g/mol. The minimum Gasteiger partial charge on any atom is -0.319 e. The van der Waals surface area contributed by atoms with E-state index in [0.717, 1.165) is 24.2 Å². The van der Waals surface area contributed by atoms with E-state index >= 15 is 0 Å². The predicted molar refractivity (Wildman–Crippen MR) is 62.6 cm³/mol. The standard InChI is InChI=1S/C11H14ClN3/c1-8-10-7-9(3-5-13-2)4-6-15(10)11(12)14-8/h4,6-7,13H,3,5H2,1-2H3. The summed E-state index contributed by atoms with van der Waals surface area (Å²) < 4.78 is 1.90. The maximum absolute atomic E-state index is 5.97. The number of nitrogens with one attached hydrogen (secondary N) is 1. The van der Waals surface area contributed by atoms with Crippen LogP contribution < -0.4 is 5.32 Å². The van der Waals surface area contributed by atoms with E-state index in [-0.39, 0.29) is 0 Å². The first-order valence-electron chi connectivity index (χ1n) is 5.00. The number of nitrogens with zero attached hydrogens (tertiary/aromatic N) is 2. The van der Waals surface area contributed by atoms with Gasteiger partial charge < -0.3 is 5.32 Å². The smallest absolute Gasteiger partial charge is 0.207 e. The molecule has 2 rings (SSSR count). The SMILES string of the molecule is CNCCc1ccn2c(Cl)nc(C)c2c1. The second-order valence-corrected chi connectivity index (χ2v) is 3.95. The van der Waals surface area contributed by atoms with E-state index in [0.29, 0.717) is 5.28 Å².